The Hall–Kier alpha value is -0.430. The van der Waals surface area contributed by atoms with E-state index >= 15 is 0 Å². The molecule has 2 saturated carbocycles. The Morgan fingerprint density at radius 2 is 1.89 bits per heavy atom. The summed E-state index contributed by atoms with van der Waals surface area (Å²) in [7, 11) is -3.44. The Morgan fingerprint density at radius 3 is 2.58 bits per heavy atom. The maximum Gasteiger partial charge on any atom is 0.264 e. The minimum absolute atomic E-state index is 0.0368. The van der Waals surface area contributed by atoms with E-state index in [1.807, 2.05) is 0 Å². The van der Waals surface area contributed by atoms with Gasteiger partial charge in [0, 0.05) is 12.3 Å². The van der Waals surface area contributed by atoms with E-state index in [0.717, 1.165) is 19.1 Å². The fourth-order valence-corrected chi connectivity index (χ4v) is 5.29. The number of hydrogen-bond donors (Lipinski definition) is 0. The van der Waals surface area contributed by atoms with Crippen molar-refractivity contribution < 1.29 is 22.1 Å². The summed E-state index contributed by atoms with van der Waals surface area (Å²) in [5.74, 6) is 0.708. The minimum atomic E-state index is -3.44. The molecule has 0 aromatic carbocycles. The van der Waals surface area contributed by atoms with Crippen LogP contribution in [0.2, 0.25) is 0 Å². The standard InChI is InChI=1S/C13H18O5S/c1-19(14,15)18-10-6-8-2-3-9-7-13(12(10)11(8)9)16-4-5-17-13/h2-3,8-12H,4-7H2,1H3/t8-,9-,10-,11+,12+/m0/s1. The van der Waals surface area contributed by atoms with Crippen molar-refractivity contribution in [1.29, 1.82) is 0 Å². The van der Waals surface area contributed by atoms with Gasteiger partial charge >= 0.3 is 0 Å². The van der Waals surface area contributed by atoms with Gasteiger partial charge in [0.25, 0.3) is 10.1 Å². The summed E-state index contributed by atoms with van der Waals surface area (Å²) in [6.45, 7) is 1.19. The van der Waals surface area contributed by atoms with Crippen LogP contribution in [0.3, 0.4) is 0 Å². The summed E-state index contributed by atoms with van der Waals surface area (Å²) in [4.78, 5) is 0. The summed E-state index contributed by atoms with van der Waals surface area (Å²) >= 11 is 0. The molecule has 1 heterocycles. The highest BCUT2D eigenvalue weighted by Crippen LogP contribution is 2.62. The van der Waals surface area contributed by atoms with Crippen LogP contribution in [-0.2, 0) is 23.8 Å². The molecule has 5 nitrogen and oxygen atoms in total. The summed E-state index contributed by atoms with van der Waals surface area (Å²) < 4.78 is 40.0. The van der Waals surface area contributed by atoms with Gasteiger partial charge in [0.1, 0.15) is 0 Å². The molecule has 0 bridgehead atoms. The molecular formula is C13H18O5S. The Balaban J connectivity index is 1.70. The Kier molecular flexibility index (Phi) is 2.47. The van der Waals surface area contributed by atoms with Crippen molar-refractivity contribution in [1.82, 2.24) is 0 Å². The zero-order valence-corrected chi connectivity index (χ0v) is 11.6. The molecule has 3 aliphatic carbocycles. The number of rotatable bonds is 2. The van der Waals surface area contributed by atoms with Crippen LogP contribution in [0.4, 0.5) is 0 Å². The van der Waals surface area contributed by atoms with Crippen molar-refractivity contribution >= 4 is 10.1 Å². The van der Waals surface area contributed by atoms with Crippen LogP contribution in [0.15, 0.2) is 12.2 Å². The molecule has 0 unspecified atom stereocenters. The van der Waals surface area contributed by atoms with E-state index in [4.69, 9.17) is 13.7 Å². The summed E-state index contributed by atoms with van der Waals surface area (Å²) in [6.07, 6.45) is 6.86. The molecule has 0 aromatic heterocycles. The summed E-state index contributed by atoms with van der Waals surface area (Å²) in [6, 6.07) is 0. The zero-order chi connectivity index (χ0) is 13.3. The van der Waals surface area contributed by atoms with Crippen molar-refractivity contribution in [2.75, 3.05) is 19.5 Å². The van der Waals surface area contributed by atoms with E-state index in [1.54, 1.807) is 0 Å². The van der Waals surface area contributed by atoms with Gasteiger partial charge in [-0.05, 0) is 24.2 Å². The van der Waals surface area contributed by atoms with E-state index in [9.17, 15) is 8.42 Å². The van der Waals surface area contributed by atoms with Crippen LogP contribution in [0.1, 0.15) is 12.8 Å². The van der Waals surface area contributed by atoms with Crippen LogP contribution in [0.25, 0.3) is 0 Å². The van der Waals surface area contributed by atoms with Gasteiger partial charge < -0.3 is 9.47 Å². The molecule has 106 valence electrons. The predicted molar refractivity (Wildman–Crippen MR) is 66.7 cm³/mol. The summed E-state index contributed by atoms with van der Waals surface area (Å²) in [5.41, 5.74) is 0. The smallest absolute Gasteiger partial charge is 0.264 e. The Morgan fingerprint density at radius 1 is 1.21 bits per heavy atom. The molecule has 0 N–H and O–H groups in total. The van der Waals surface area contributed by atoms with Gasteiger partial charge in [-0.2, -0.15) is 8.42 Å². The first kappa shape index (κ1) is 12.3. The predicted octanol–water partition coefficient (Wildman–Crippen LogP) is 0.916. The average Bonchev–Trinajstić information content (AvgIpc) is 2.97. The number of allylic oxidation sites excluding steroid dienone is 2. The highest BCUT2D eigenvalue weighted by molar-refractivity contribution is 7.86. The van der Waals surface area contributed by atoms with E-state index < -0.39 is 15.9 Å². The van der Waals surface area contributed by atoms with Gasteiger partial charge in [0.2, 0.25) is 0 Å². The minimum Gasteiger partial charge on any atom is -0.347 e. The molecule has 1 saturated heterocycles. The molecule has 6 heteroatoms. The van der Waals surface area contributed by atoms with Crippen LogP contribution in [0, 0.1) is 23.7 Å². The third kappa shape index (κ3) is 1.73. The normalized spacial score (nSPS) is 46.3. The molecule has 4 rings (SSSR count). The molecule has 1 spiro atoms. The van der Waals surface area contributed by atoms with E-state index in [2.05, 4.69) is 12.2 Å². The molecule has 4 aliphatic rings. The third-order valence-electron chi connectivity index (χ3n) is 5.02. The van der Waals surface area contributed by atoms with Crippen LogP contribution in [0.5, 0.6) is 0 Å². The van der Waals surface area contributed by atoms with Gasteiger partial charge in [-0.1, -0.05) is 12.2 Å². The van der Waals surface area contributed by atoms with E-state index in [0.29, 0.717) is 31.0 Å². The molecule has 3 fully saturated rings. The summed E-state index contributed by atoms with van der Waals surface area (Å²) in [5, 5.41) is 0. The zero-order valence-electron chi connectivity index (χ0n) is 10.8. The lowest BCUT2D eigenvalue weighted by Crippen LogP contribution is -2.42. The Bertz CT molecular complexity index is 519. The first-order valence-corrected chi connectivity index (χ1v) is 8.65. The molecule has 0 amide bonds. The molecule has 5 atom stereocenters. The molecule has 0 radical (unpaired) electrons. The number of fused-ring (bicyclic) bond motifs is 1. The highest BCUT2D eigenvalue weighted by atomic mass is 32.2. The molecule has 1 aliphatic heterocycles. The second kappa shape index (κ2) is 3.81. The van der Waals surface area contributed by atoms with Crippen molar-refractivity contribution in [2.24, 2.45) is 23.7 Å². The van der Waals surface area contributed by atoms with Gasteiger partial charge in [-0.25, -0.2) is 0 Å². The number of ether oxygens (including phenoxy) is 2. The van der Waals surface area contributed by atoms with Crippen molar-refractivity contribution in [3.63, 3.8) is 0 Å². The molecule has 19 heavy (non-hydrogen) atoms. The van der Waals surface area contributed by atoms with E-state index in [-0.39, 0.29) is 12.0 Å². The van der Waals surface area contributed by atoms with Gasteiger partial charge in [-0.15, -0.1) is 0 Å². The first-order valence-electron chi connectivity index (χ1n) is 6.83. The lowest BCUT2D eigenvalue weighted by atomic mass is 9.90. The number of hydrogen-bond acceptors (Lipinski definition) is 5. The largest absolute Gasteiger partial charge is 0.347 e. The molecule has 0 aromatic rings. The van der Waals surface area contributed by atoms with E-state index in [1.165, 1.54) is 0 Å². The van der Waals surface area contributed by atoms with Gasteiger partial charge in [0.05, 0.1) is 25.6 Å². The monoisotopic (exact) mass is 286 g/mol. The van der Waals surface area contributed by atoms with Crippen molar-refractivity contribution in [2.45, 2.75) is 24.7 Å². The Labute approximate surface area is 113 Å². The topological polar surface area (TPSA) is 61.8 Å². The van der Waals surface area contributed by atoms with Gasteiger partial charge in [-0.3, -0.25) is 4.18 Å². The van der Waals surface area contributed by atoms with Crippen LogP contribution >= 0.6 is 0 Å². The lowest BCUT2D eigenvalue weighted by molar-refractivity contribution is -0.198. The molecular weight excluding hydrogens is 268 g/mol. The highest BCUT2D eigenvalue weighted by Gasteiger charge is 2.66. The maximum atomic E-state index is 11.5. The third-order valence-corrected chi connectivity index (χ3v) is 5.61. The maximum absolute atomic E-state index is 11.5. The SMILES string of the molecule is CS(=O)(=O)O[C@H]1C[C@@H]2C=C[C@H]3CC4(OCCO4)[C@H]1[C@H]23. The second-order valence-electron chi connectivity index (χ2n) is 6.10. The first-order chi connectivity index (χ1) is 8.99. The van der Waals surface area contributed by atoms with Crippen molar-refractivity contribution in [3.8, 4) is 0 Å². The van der Waals surface area contributed by atoms with Crippen LogP contribution in [-0.4, -0.2) is 39.8 Å². The van der Waals surface area contributed by atoms with Crippen LogP contribution < -0.4 is 0 Å². The van der Waals surface area contributed by atoms with Gasteiger partial charge in [0.15, 0.2) is 5.79 Å². The quantitative estimate of drug-likeness (QED) is 0.558. The average molecular weight is 286 g/mol. The second-order valence-corrected chi connectivity index (χ2v) is 7.70. The fourth-order valence-electron chi connectivity index (χ4n) is 4.64. The fraction of sp³-hybridized carbons (Fsp3) is 0.846. The lowest BCUT2D eigenvalue weighted by Gasteiger charge is -2.32. The van der Waals surface area contributed by atoms with Crippen molar-refractivity contribution in [3.05, 3.63) is 12.2 Å².